The number of H-pyrrole nitrogens is 1. The maximum Gasteiger partial charge on any atom is 0.223 e. The van der Waals surface area contributed by atoms with Crippen LogP contribution in [-0.4, -0.2) is 15.9 Å². The van der Waals surface area contributed by atoms with Crippen molar-refractivity contribution in [2.75, 3.05) is 0 Å². The highest BCUT2D eigenvalue weighted by Crippen LogP contribution is 2.33. The van der Waals surface area contributed by atoms with Crippen molar-refractivity contribution in [1.29, 1.82) is 0 Å². The Balaban J connectivity index is 1.60. The van der Waals surface area contributed by atoms with Gasteiger partial charge in [-0.25, -0.2) is 4.98 Å². The number of aromatic nitrogens is 2. The summed E-state index contributed by atoms with van der Waals surface area (Å²) >= 11 is 0. The van der Waals surface area contributed by atoms with Crippen LogP contribution in [-0.2, 0) is 11.3 Å². The number of nitrogens with one attached hydrogen (secondary N) is 2. The minimum absolute atomic E-state index is 0.143. The van der Waals surface area contributed by atoms with Gasteiger partial charge in [-0.2, -0.15) is 0 Å². The predicted octanol–water partition coefficient (Wildman–Crippen LogP) is 2.62. The number of rotatable bonds is 4. The molecular formula is C15H19N3O. The third kappa shape index (κ3) is 2.48. The molecule has 100 valence electrons. The zero-order valence-electron chi connectivity index (χ0n) is 11.1. The van der Waals surface area contributed by atoms with Crippen LogP contribution < -0.4 is 5.32 Å². The Morgan fingerprint density at radius 1 is 1.53 bits per heavy atom. The number of amides is 1. The molecule has 1 aromatic heterocycles. The summed E-state index contributed by atoms with van der Waals surface area (Å²) in [7, 11) is 0. The second-order valence-corrected chi connectivity index (χ2v) is 5.45. The molecule has 1 unspecified atom stereocenters. The van der Waals surface area contributed by atoms with E-state index in [0.717, 1.165) is 16.6 Å². The molecule has 1 saturated carbocycles. The van der Waals surface area contributed by atoms with Gasteiger partial charge in [0.05, 0.1) is 17.4 Å². The van der Waals surface area contributed by atoms with E-state index in [0.29, 0.717) is 12.5 Å². The minimum Gasteiger partial charge on any atom is -0.352 e. The number of hydrogen-bond donors (Lipinski definition) is 2. The van der Waals surface area contributed by atoms with E-state index >= 15 is 0 Å². The van der Waals surface area contributed by atoms with Gasteiger partial charge in [-0.3, -0.25) is 4.79 Å². The second-order valence-electron chi connectivity index (χ2n) is 5.45. The molecule has 19 heavy (non-hydrogen) atoms. The van der Waals surface area contributed by atoms with E-state index in [4.69, 9.17) is 0 Å². The van der Waals surface area contributed by atoms with Crippen LogP contribution >= 0.6 is 0 Å². The number of hydrogen-bond acceptors (Lipinski definition) is 2. The first-order valence-corrected chi connectivity index (χ1v) is 6.94. The van der Waals surface area contributed by atoms with Crippen LogP contribution in [0.5, 0.6) is 0 Å². The van der Waals surface area contributed by atoms with Crippen LogP contribution in [0.2, 0.25) is 0 Å². The number of nitrogens with zero attached hydrogens (tertiary/aromatic N) is 1. The van der Waals surface area contributed by atoms with Crippen LogP contribution in [0.25, 0.3) is 11.0 Å². The Bertz CT molecular complexity index is 586. The summed E-state index contributed by atoms with van der Waals surface area (Å²) in [5.41, 5.74) is 3.07. The highest BCUT2D eigenvalue weighted by molar-refractivity contribution is 5.79. The third-order valence-electron chi connectivity index (χ3n) is 4.22. The van der Waals surface area contributed by atoms with Gasteiger partial charge in [0, 0.05) is 12.5 Å². The molecule has 1 atom stereocenters. The summed E-state index contributed by atoms with van der Waals surface area (Å²) in [6.07, 6.45) is 5.37. The van der Waals surface area contributed by atoms with Crippen LogP contribution in [0.4, 0.5) is 0 Å². The fraction of sp³-hybridized carbons (Fsp3) is 0.467. The maximum absolute atomic E-state index is 12.0. The monoisotopic (exact) mass is 257 g/mol. The van der Waals surface area contributed by atoms with Gasteiger partial charge < -0.3 is 10.3 Å². The number of carbonyl (C=O) groups is 1. The van der Waals surface area contributed by atoms with Crippen molar-refractivity contribution in [2.24, 2.45) is 11.8 Å². The summed E-state index contributed by atoms with van der Waals surface area (Å²) in [5.74, 6) is 0.911. The van der Waals surface area contributed by atoms with Gasteiger partial charge in [0.25, 0.3) is 0 Å². The molecule has 4 heteroatoms. The first-order chi connectivity index (χ1) is 9.24. The zero-order valence-corrected chi connectivity index (χ0v) is 11.1. The fourth-order valence-electron chi connectivity index (χ4n) is 2.60. The Hall–Kier alpha value is -1.84. The average Bonchev–Trinajstić information content (AvgIpc) is 2.80. The molecule has 0 aliphatic heterocycles. The molecule has 0 saturated heterocycles. The van der Waals surface area contributed by atoms with Gasteiger partial charge in [0.15, 0.2) is 0 Å². The lowest BCUT2D eigenvalue weighted by Gasteiger charge is -2.30. The highest BCUT2D eigenvalue weighted by Gasteiger charge is 2.28. The first kappa shape index (κ1) is 12.2. The van der Waals surface area contributed by atoms with Crippen molar-refractivity contribution in [3.63, 3.8) is 0 Å². The average molecular weight is 257 g/mol. The molecule has 0 radical (unpaired) electrons. The number of benzene rings is 1. The second kappa shape index (κ2) is 5.03. The number of imidazole rings is 1. The molecule has 0 spiro atoms. The Labute approximate surface area is 112 Å². The third-order valence-corrected chi connectivity index (χ3v) is 4.22. The van der Waals surface area contributed by atoms with Gasteiger partial charge in [-0.05, 0) is 36.5 Å². The van der Waals surface area contributed by atoms with Crippen molar-refractivity contribution in [2.45, 2.75) is 32.7 Å². The van der Waals surface area contributed by atoms with Gasteiger partial charge in [-0.1, -0.05) is 19.4 Å². The fourth-order valence-corrected chi connectivity index (χ4v) is 2.60. The molecule has 2 aromatic rings. The smallest absolute Gasteiger partial charge is 0.223 e. The summed E-state index contributed by atoms with van der Waals surface area (Å²) in [5, 5.41) is 3.03. The summed E-state index contributed by atoms with van der Waals surface area (Å²) in [6, 6.07) is 6.02. The highest BCUT2D eigenvalue weighted by atomic mass is 16.1. The Morgan fingerprint density at radius 2 is 2.37 bits per heavy atom. The topological polar surface area (TPSA) is 57.8 Å². The number of carbonyl (C=O) groups excluding carboxylic acids is 1. The van der Waals surface area contributed by atoms with Crippen molar-refractivity contribution in [1.82, 2.24) is 15.3 Å². The molecule has 1 amide bonds. The van der Waals surface area contributed by atoms with Gasteiger partial charge in [0.2, 0.25) is 5.91 Å². The quantitative estimate of drug-likeness (QED) is 0.884. The normalized spacial score (nSPS) is 17.1. The van der Waals surface area contributed by atoms with Gasteiger partial charge in [0.1, 0.15) is 0 Å². The molecule has 1 aliphatic rings. The van der Waals surface area contributed by atoms with Crippen molar-refractivity contribution >= 4 is 16.9 Å². The molecule has 1 aromatic carbocycles. The van der Waals surface area contributed by atoms with Crippen LogP contribution in [0.3, 0.4) is 0 Å². The summed E-state index contributed by atoms with van der Waals surface area (Å²) < 4.78 is 0. The lowest BCUT2D eigenvalue weighted by molar-refractivity contribution is -0.127. The Kier molecular flexibility index (Phi) is 3.23. The molecule has 1 aliphatic carbocycles. The van der Waals surface area contributed by atoms with Gasteiger partial charge >= 0.3 is 0 Å². The van der Waals surface area contributed by atoms with E-state index in [1.807, 2.05) is 25.1 Å². The lowest BCUT2D eigenvalue weighted by Crippen LogP contribution is -2.35. The molecule has 4 nitrogen and oxygen atoms in total. The van der Waals surface area contributed by atoms with Crippen LogP contribution in [0, 0.1) is 11.8 Å². The van der Waals surface area contributed by atoms with E-state index in [9.17, 15) is 4.79 Å². The van der Waals surface area contributed by atoms with Crippen molar-refractivity contribution in [3.05, 3.63) is 30.1 Å². The maximum atomic E-state index is 12.0. The summed E-state index contributed by atoms with van der Waals surface area (Å²) in [4.78, 5) is 19.3. The van der Waals surface area contributed by atoms with E-state index in [-0.39, 0.29) is 11.8 Å². The van der Waals surface area contributed by atoms with Crippen LogP contribution in [0.15, 0.2) is 24.5 Å². The SMILES string of the molecule is CC(C(=O)NCc1ccc2nc[nH]c2c1)C1CCC1. The molecule has 3 rings (SSSR count). The van der Waals surface area contributed by atoms with E-state index in [1.54, 1.807) is 6.33 Å². The molecular weight excluding hydrogens is 238 g/mol. The molecule has 2 N–H and O–H groups in total. The molecule has 0 bridgehead atoms. The van der Waals surface area contributed by atoms with Gasteiger partial charge in [-0.15, -0.1) is 0 Å². The Morgan fingerprint density at radius 3 is 3.11 bits per heavy atom. The predicted molar refractivity (Wildman–Crippen MR) is 74.4 cm³/mol. The van der Waals surface area contributed by atoms with E-state index in [1.165, 1.54) is 19.3 Å². The lowest BCUT2D eigenvalue weighted by atomic mass is 9.76. The van der Waals surface area contributed by atoms with Crippen molar-refractivity contribution < 1.29 is 4.79 Å². The first-order valence-electron chi connectivity index (χ1n) is 6.94. The zero-order chi connectivity index (χ0) is 13.2. The minimum atomic E-state index is 0.143. The standard InChI is InChI=1S/C15H19N3O/c1-10(12-3-2-4-12)15(19)16-8-11-5-6-13-14(7-11)18-9-17-13/h5-7,9-10,12H,2-4,8H2,1H3,(H,16,19)(H,17,18). The number of aromatic amines is 1. The van der Waals surface area contributed by atoms with E-state index < -0.39 is 0 Å². The largest absolute Gasteiger partial charge is 0.352 e. The van der Waals surface area contributed by atoms with Crippen molar-refractivity contribution in [3.8, 4) is 0 Å². The summed E-state index contributed by atoms with van der Waals surface area (Å²) in [6.45, 7) is 2.63. The molecule has 1 fully saturated rings. The van der Waals surface area contributed by atoms with Crippen LogP contribution in [0.1, 0.15) is 31.7 Å². The molecule has 1 heterocycles. The number of fused-ring (bicyclic) bond motifs is 1. The van der Waals surface area contributed by atoms with E-state index in [2.05, 4.69) is 15.3 Å².